The Morgan fingerprint density at radius 1 is 0.788 bits per heavy atom. The Labute approximate surface area is 193 Å². The van der Waals surface area contributed by atoms with Crippen molar-refractivity contribution < 1.29 is 23.4 Å². The van der Waals surface area contributed by atoms with Crippen molar-refractivity contribution in [3.8, 4) is 0 Å². The van der Waals surface area contributed by atoms with Crippen LogP contribution in [0.1, 0.15) is 52.3 Å². The maximum atomic E-state index is 14.4. The van der Waals surface area contributed by atoms with Crippen LogP contribution in [0.2, 0.25) is 0 Å². The average molecular weight is 455 g/mol. The van der Waals surface area contributed by atoms with Gasteiger partial charge in [-0.1, -0.05) is 95.6 Å². The van der Waals surface area contributed by atoms with Crippen LogP contribution in [0.5, 0.6) is 0 Å². The van der Waals surface area contributed by atoms with E-state index in [1.807, 2.05) is 38.1 Å². The molecule has 0 spiro atoms. The predicted molar refractivity (Wildman–Crippen MR) is 126 cm³/mol. The van der Waals surface area contributed by atoms with E-state index in [1.165, 1.54) is 18.2 Å². The van der Waals surface area contributed by atoms with Crippen molar-refractivity contribution in [3.63, 3.8) is 0 Å². The molecule has 0 saturated carbocycles. The van der Waals surface area contributed by atoms with Gasteiger partial charge in [-0.15, -0.1) is 0 Å². The lowest BCUT2D eigenvalue weighted by atomic mass is 9.81. The number of hydrogen-bond donors (Lipinski definition) is 2. The molecule has 0 aliphatic rings. The number of aryl methyl sites for hydroxylation is 3. The first-order chi connectivity index (χ1) is 15.5. The van der Waals surface area contributed by atoms with E-state index in [0.717, 1.165) is 16.7 Å². The summed E-state index contributed by atoms with van der Waals surface area (Å²) in [6.07, 6.45) is -4.64. The quantitative estimate of drug-likeness (QED) is 0.405. The number of rotatable bonds is 7. The second-order valence-electron chi connectivity index (χ2n) is 8.62. The minimum Gasteiger partial charge on any atom is -0.388 e. The molecule has 3 aromatic carbocycles. The molecule has 2 atom stereocenters. The standard InChI is InChI=1S/C28H29F3O2/c1-19-4-10-22(11-5-19)18-25(16-17-26(32)23-12-6-20(2)7-13-23)27(33,28(29,30)31)24-14-8-21(3)9-15-24/h4-15,18,26,32-33H,16-17H2,1-3H3/b25-18-/t26-,27-/m1/s1. The van der Waals surface area contributed by atoms with Crippen molar-refractivity contribution in [1.82, 2.24) is 0 Å². The van der Waals surface area contributed by atoms with Crippen molar-refractivity contribution in [3.05, 3.63) is 112 Å². The van der Waals surface area contributed by atoms with Crippen LogP contribution >= 0.6 is 0 Å². The number of alkyl halides is 3. The molecule has 0 aliphatic carbocycles. The second kappa shape index (κ2) is 9.94. The van der Waals surface area contributed by atoms with Gasteiger partial charge in [-0.25, -0.2) is 0 Å². The zero-order valence-corrected chi connectivity index (χ0v) is 19.0. The zero-order valence-electron chi connectivity index (χ0n) is 19.0. The van der Waals surface area contributed by atoms with Gasteiger partial charge in [0.25, 0.3) is 0 Å². The predicted octanol–water partition coefficient (Wildman–Crippen LogP) is 6.96. The van der Waals surface area contributed by atoms with Gasteiger partial charge in [-0.2, -0.15) is 13.2 Å². The van der Waals surface area contributed by atoms with Gasteiger partial charge in [0.15, 0.2) is 0 Å². The van der Waals surface area contributed by atoms with E-state index in [9.17, 15) is 23.4 Å². The molecule has 0 heterocycles. The molecular formula is C28H29F3O2. The highest BCUT2D eigenvalue weighted by Crippen LogP contribution is 2.47. The molecule has 2 N–H and O–H groups in total. The SMILES string of the molecule is Cc1ccc(/C=C(/CC[C@@H](O)c2ccc(C)cc2)[C@](O)(c2ccc(C)cc2)C(F)(F)F)cc1. The fraction of sp³-hybridized carbons (Fsp3) is 0.286. The molecule has 33 heavy (non-hydrogen) atoms. The Bertz CT molecular complexity index is 1080. The van der Waals surface area contributed by atoms with E-state index in [0.29, 0.717) is 11.1 Å². The molecule has 0 amide bonds. The number of halogens is 3. The van der Waals surface area contributed by atoms with Crippen LogP contribution in [0.25, 0.3) is 6.08 Å². The van der Waals surface area contributed by atoms with Gasteiger partial charge >= 0.3 is 6.18 Å². The van der Waals surface area contributed by atoms with Gasteiger partial charge < -0.3 is 10.2 Å². The Morgan fingerprint density at radius 3 is 1.73 bits per heavy atom. The first-order valence-electron chi connectivity index (χ1n) is 10.9. The van der Waals surface area contributed by atoms with Gasteiger partial charge in [0.2, 0.25) is 5.60 Å². The third-order valence-corrected chi connectivity index (χ3v) is 5.91. The van der Waals surface area contributed by atoms with Crippen LogP contribution < -0.4 is 0 Å². The monoisotopic (exact) mass is 454 g/mol. The van der Waals surface area contributed by atoms with Crippen LogP contribution in [0.4, 0.5) is 13.2 Å². The van der Waals surface area contributed by atoms with Gasteiger partial charge in [0.1, 0.15) is 0 Å². The summed E-state index contributed by atoms with van der Waals surface area (Å²) in [5.74, 6) is 0. The summed E-state index contributed by atoms with van der Waals surface area (Å²) in [5, 5.41) is 21.9. The number of aliphatic hydroxyl groups is 2. The van der Waals surface area contributed by atoms with Crippen molar-refractivity contribution in [2.45, 2.75) is 51.5 Å². The van der Waals surface area contributed by atoms with Gasteiger partial charge in [0.05, 0.1) is 6.10 Å². The van der Waals surface area contributed by atoms with E-state index in [1.54, 1.807) is 43.3 Å². The second-order valence-corrected chi connectivity index (χ2v) is 8.62. The first kappa shape index (κ1) is 24.7. The molecule has 5 heteroatoms. The highest BCUT2D eigenvalue weighted by molar-refractivity contribution is 5.57. The van der Waals surface area contributed by atoms with Gasteiger partial charge in [0, 0.05) is 0 Å². The zero-order chi connectivity index (χ0) is 24.2. The van der Waals surface area contributed by atoms with Crippen LogP contribution in [0, 0.1) is 20.8 Å². The van der Waals surface area contributed by atoms with Gasteiger partial charge in [-0.05, 0) is 55.9 Å². The fourth-order valence-electron chi connectivity index (χ4n) is 3.79. The Hall–Kier alpha value is -2.89. The van der Waals surface area contributed by atoms with Crippen LogP contribution in [0.3, 0.4) is 0 Å². The summed E-state index contributed by atoms with van der Waals surface area (Å²) in [7, 11) is 0. The molecule has 0 bridgehead atoms. The minimum absolute atomic E-state index is 0.0327. The molecule has 0 unspecified atom stereocenters. The largest absolute Gasteiger partial charge is 0.425 e. The normalized spacial score (nSPS) is 15.2. The van der Waals surface area contributed by atoms with Crippen molar-refractivity contribution in [2.24, 2.45) is 0 Å². The molecule has 0 radical (unpaired) electrons. The highest BCUT2D eigenvalue weighted by atomic mass is 19.4. The maximum Gasteiger partial charge on any atom is 0.425 e. The Kier molecular flexibility index (Phi) is 7.45. The number of aliphatic hydroxyl groups excluding tert-OH is 1. The van der Waals surface area contributed by atoms with Crippen LogP contribution in [0.15, 0.2) is 78.4 Å². The summed E-state index contributed by atoms with van der Waals surface area (Å²) < 4.78 is 43.3. The average Bonchev–Trinajstić information content (AvgIpc) is 2.77. The van der Waals surface area contributed by atoms with E-state index in [2.05, 4.69) is 0 Å². The fourth-order valence-corrected chi connectivity index (χ4v) is 3.79. The summed E-state index contributed by atoms with van der Waals surface area (Å²) in [6.45, 7) is 5.59. The number of benzene rings is 3. The third-order valence-electron chi connectivity index (χ3n) is 5.91. The first-order valence-corrected chi connectivity index (χ1v) is 10.9. The van der Waals surface area contributed by atoms with E-state index >= 15 is 0 Å². The summed E-state index contributed by atoms with van der Waals surface area (Å²) in [6, 6.07) is 20.0. The summed E-state index contributed by atoms with van der Waals surface area (Å²) >= 11 is 0. The molecule has 174 valence electrons. The molecule has 0 aliphatic heterocycles. The van der Waals surface area contributed by atoms with Crippen molar-refractivity contribution >= 4 is 6.08 Å². The lowest BCUT2D eigenvalue weighted by molar-refractivity contribution is -0.250. The van der Waals surface area contributed by atoms with E-state index in [-0.39, 0.29) is 24.0 Å². The van der Waals surface area contributed by atoms with Crippen LogP contribution in [-0.2, 0) is 5.60 Å². The topological polar surface area (TPSA) is 40.5 Å². The summed E-state index contributed by atoms with van der Waals surface area (Å²) in [4.78, 5) is 0. The van der Waals surface area contributed by atoms with Crippen molar-refractivity contribution in [2.75, 3.05) is 0 Å². The Balaban J connectivity index is 2.04. The minimum atomic E-state index is -4.95. The highest BCUT2D eigenvalue weighted by Gasteiger charge is 2.57. The maximum absolute atomic E-state index is 14.4. The van der Waals surface area contributed by atoms with Crippen LogP contribution in [-0.4, -0.2) is 16.4 Å². The lowest BCUT2D eigenvalue weighted by Gasteiger charge is -2.34. The summed E-state index contributed by atoms with van der Waals surface area (Å²) in [5.41, 5.74) is 0.333. The lowest BCUT2D eigenvalue weighted by Crippen LogP contribution is -2.44. The Morgan fingerprint density at radius 2 is 1.24 bits per heavy atom. The molecular weight excluding hydrogens is 425 g/mol. The molecule has 0 fully saturated rings. The molecule has 0 saturated heterocycles. The molecule has 3 aromatic rings. The van der Waals surface area contributed by atoms with E-state index < -0.39 is 17.9 Å². The smallest absolute Gasteiger partial charge is 0.388 e. The third kappa shape index (κ3) is 5.73. The number of hydrogen-bond acceptors (Lipinski definition) is 2. The molecule has 3 rings (SSSR count). The van der Waals surface area contributed by atoms with Crippen molar-refractivity contribution in [1.29, 1.82) is 0 Å². The molecule has 0 aromatic heterocycles. The molecule has 2 nitrogen and oxygen atoms in total. The van der Waals surface area contributed by atoms with Gasteiger partial charge in [-0.3, -0.25) is 0 Å². The van der Waals surface area contributed by atoms with E-state index in [4.69, 9.17) is 0 Å².